The summed E-state index contributed by atoms with van der Waals surface area (Å²) in [6, 6.07) is 56.1. The topological polar surface area (TPSA) is 148 Å². The highest BCUT2D eigenvalue weighted by atomic mass is 32.2. The van der Waals surface area contributed by atoms with Gasteiger partial charge in [0, 0.05) is 48.8 Å². The average Bonchev–Trinajstić information content (AvgIpc) is 1.70. The van der Waals surface area contributed by atoms with Gasteiger partial charge in [0.1, 0.15) is 53.8 Å². The van der Waals surface area contributed by atoms with Gasteiger partial charge in [0.2, 0.25) is 8.32 Å². The smallest absolute Gasteiger partial charge is 0.200 e. The number of rotatable bonds is 23. The van der Waals surface area contributed by atoms with Crippen LogP contribution in [0.2, 0.25) is 16.6 Å². The molecule has 11 heterocycles. The van der Waals surface area contributed by atoms with E-state index in [1.54, 1.807) is 11.8 Å². The standard InChI is InChI=1S/C103H130O16SSi/c1-13-27-79-81(38-25-37-80-82(109-79)45-46-83-86(110-80)55-91-99(114-83)100(98-84(111-91)36-23-24-48-104-98)107-61-71-41-44-74-30-19-22-33-77(74)54-71)113-94(120-78-34-15-14-16-35-78)58-92(105-59-69-39-42-72-28-17-20-31-75(72)52-69)102(12)93(119-121(62(2)3,63(4)5)64(6)7)57-88-89(117-102)51-65(8)50-85-87(112-88)56-90-95(115-85)67(10)96(106-60-70-40-43-73-29-18-21-32-76(73)53-70)101-97(116-90)66(9)68(11)103(118-101)47-26-49-108-103/h13-25,28-35,38-46,52-54,62-68,79-101H,1,26-27,36-37,47-51,55-61H2,2-12H3/b38-25-/t65-,66+,67-,68+,79-,80-,81+,82+,83-,84+,85+,86+,87-,88+,89-,90+,91-,92-,93-,94?,95-,96+,97-,98+,99-,100-,101+,102+,103-/m1/s1. The molecule has 18 rings (SSSR count). The molecule has 8 fully saturated rings. The first-order chi connectivity index (χ1) is 58.8. The van der Waals surface area contributed by atoms with E-state index in [0.29, 0.717) is 71.6 Å². The highest BCUT2D eigenvalue weighted by Gasteiger charge is 2.63. The molecule has 1 spiro atoms. The second-order valence-corrected chi connectivity index (χ2v) is 44.8. The zero-order valence-electron chi connectivity index (χ0n) is 72.8. The van der Waals surface area contributed by atoms with Crippen molar-refractivity contribution in [1.29, 1.82) is 0 Å². The summed E-state index contributed by atoms with van der Waals surface area (Å²) in [7, 11) is -2.74. The van der Waals surface area contributed by atoms with Gasteiger partial charge >= 0.3 is 0 Å². The normalized spacial score (nSPS) is 37.5. The predicted octanol–water partition coefficient (Wildman–Crippen LogP) is 21.0. The summed E-state index contributed by atoms with van der Waals surface area (Å²) < 4.78 is 120. The maximum absolute atomic E-state index is 8.42. The van der Waals surface area contributed by atoms with E-state index < -0.39 is 61.8 Å². The van der Waals surface area contributed by atoms with Crippen LogP contribution in [0.25, 0.3) is 32.3 Å². The van der Waals surface area contributed by atoms with E-state index in [9.17, 15) is 0 Å². The monoisotopic (exact) mass is 1680 g/mol. The molecule has 0 aromatic heterocycles. The van der Waals surface area contributed by atoms with Crippen LogP contribution in [0.3, 0.4) is 0 Å². The predicted molar refractivity (Wildman–Crippen MR) is 477 cm³/mol. The van der Waals surface area contributed by atoms with Gasteiger partial charge in [-0.3, -0.25) is 0 Å². The lowest BCUT2D eigenvalue weighted by Crippen LogP contribution is -2.67. The Kier molecular flexibility index (Phi) is 26.5. The van der Waals surface area contributed by atoms with Crippen LogP contribution in [0.1, 0.15) is 163 Å². The Morgan fingerprint density at radius 3 is 1.73 bits per heavy atom. The minimum atomic E-state index is -2.74. The summed E-state index contributed by atoms with van der Waals surface area (Å²) in [5.74, 6) is -0.425. The van der Waals surface area contributed by atoms with Crippen molar-refractivity contribution in [3.8, 4) is 0 Å². The molecule has 121 heavy (non-hydrogen) atoms. The molecule has 11 aliphatic rings. The van der Waals surface area contributed by atoms with Crippen molar-refractivity contribution >= 4 is 52.4 Å². The van der Waals surface area contributed by atoms with Crippen LogP contribution in [-0.2, 0) is 95.3 Å². The Labute approximate surface area is 723 Å². The first-order valence-electron chi connectivity index (χ1n) is 45.9. The first-order valence-corrected chi connectivity index (χ1v) is 48.9. The average molecular weight is 1680 g/mol. The van der Waals surface area contributed by atoms with Crippen LogP contribution in [0.4, 0.5) is 0 Å². The molecule has 0 saturated carbocycles. The summed E-state index contributed by atoms with van der Waals surface area (Å²) in [6.07, 6.45) is 14.6. The number of hydrogen-bond acceptors (Lipinski definition) is 17. The van der Waals surface area contributed by atoms with Crippen molar-refractivity contribution in [2.45, 2.75) is 339 Å². The van der Waals surface area contributed by atoms with Gasteiger partial charge in [0.05, 0.1) is 125 Å². The van der Waals surface area contributed by atoms with E-state index in [0.717, 1.165) is 59.1 Å². The molecule has 29 atom stereocenters. The maximum atomic E-state index is 8.42. The first kappa shape index (κ1) is 86.0. The van der Waals surface area contributed by atoms with Crippen molar-refractivity contribution in [2.75, 3.05) is 13.2 Å². The maximum Gasteiger partial charge on any atom is 0.200 e. The third kappa shape index (κ3) is 17.9. The molecule has 648 valence electrons. The van der Waals surface area contributed by atoms with Gasteiger partial charge in [-0.15, -0.1) is 6.58 Å². The van der Waals surface area contributed by atoms with E-state index >= 15 is 0 Å². The molecular formula is C103H130O16SSi. The second-order valence-electron chi connectivity index (χ2n) is 38.2. The number of fused-ring (bicyclic) bond motifs is 11. The Morgan fingerprint density at radius 2 is 1.07 bits per heavy atom. The largest absolute Gasteiger partial charge is 0.410 e. The SMILES string of the molecule is C=CC[C@H]1O[C@H]2C=C[C@H]3O[C@H]4[C@H](OCc5ccc6ccccc6c5)[C@H]5OCC=CC[C@@H]5O[C@@H]4C[C@@H]3O[C@@H]2C/C=C\[C@@H]1OC(C[C@@H](OCc1ccc2ccccc2c1)[C@]1(C)O[C@@H]2C[C@H](C)C[C@@H]3O[C@@H]4[C@@H](C)[C@H](OCc5ccc6ccccc6c5)[C@@H]5O[C@]6(CCCO6)[C@@H](C)[C@H](C)[C@H]5O[C@H]4C[C@H]3O[C@H]2C[C@H]1O[Si](C(C)C)(C(C)C)C(C)C)Sc1ccccc1. The lowest BCUT2D eigenvalue weighted by Gasteiger charge is -2.57. The van der Waals surface area contributed by atoms with Crippen LogP contribution in [-0.4, -0.2) is 173 Å². The van der Waals surface area contributed by atoms with Crippen molar-refractivity contribution in [1.82, 2.24) is 0 Å². The summed E-state index contributed by atoms with van der Waals surface area (Å²) in [5.41, 5.74) is 2.54. The van der Waals surface area contributed by atoms with Crippen molar-refractivity contribution in [2.24, 2.45) is 23.7 Å². The van der Waals surface area contributed by atoms with E-state index in [2.05, 4.69) is 277 Å². The molecule has 0 aliphatic carbocycles. The Bertz CT molecular complexity index is 4720. The van der Waals surface area contributed by atoms with Crippen LogP contribution < -0.4 is 0 Å². The Morgan fingerprint density at radius 1 is 0.504 bits per heavy atom. The van der Waals surface area contributed by atoms with Gasteiger partial charge in [0.25, 0.3) is 0 Å². The van der Waals surface area contributed by atoms with Crippen LogP contribution >= 0.6 is 11.8 Å². The van der Waals surface area contributed by atoms with Gasteiger partial charge < -0.3 is 75.5 Å². The van der Waals surface area contributed by atoms with E-state index in [1.165, 1.54) is 26.9 Å². The van der Waals surface area contributed by atoms with Crippen molar-refractivity contribution in [3.05, 3.63) is 224 Å². The number of benzene rings is 7. The Hall–Kier alpha value is -5.79. The third-order valence-corrected chi connectivity index (χ3v) is 36.7. The summed E-state index contributed by atoms with van der Waals surface area (Å²) in [5, 5.41) is 7.12. The molecule has 0 N–H and O–H groups in total. The number of thioether (sulfide) groups is 1. The molecule has 7 aromatic carbocycles. The summed E-state index contributed by atoms with van der Waals surface area (Å²) >= 11 is 1.72. The number of hydrogen-bond donors (Lipinski definition) is 0. The molecule has 0 radical (unpaired) electrons. The molecular weight excluding hydrogens is 1550 g/mol. The van der Waals surface area contributed by atoms with E-state index in [-0.39, 0.29) is 138 Å². The zero-order valence-corrected chi connectivity index (χ0v) is 74.7. The van der Waals surface area contributed by atoms with E-state index in [4.69, 9.17) is 75.5 Å². The van der Waals surface area contributed by atoms with E-state index in [1.807, 2.05) is 6.08 Å². The molecule has 1 unspecified atom stereocenters. The van der Waals surface area contributed by atoms with Crippen LogP contribution in [0, 0.1) is 23.7 Å². The van der Waals surface area contributed by atoms with Gasteiger partial charge in [-0.05, 0) is 153 Å². The lowest BCUT2D eigenvalue weighted by atomic mass is 9.76. The fraction of sp³-hybridized carbons (Fsp3) is 0.573. The highest BCUT2D eigenvalue weighted by Crippen LogP contribution is 2.55. The zero-order chi connectivity index (χ0) is 83.3. The Balaban J connectivity index is 0.647. The van der Waals surface area contributed by atoms with Gasteiger partial charge in [0.15, 0.2) is 5.79 Å². The minimum absolute atomic E-state index is 0.0885. The van der Waals surface area contributed by atoms with Crippen LogP contribution in [0.15, 0.2) is 212 Å². The lowest BCUT2D eigenvalue weighted by molar-refractivity contribution is -0.342. The summed E-state index contributed by atoms with van der Waals surface area (Å²) in [4.78, 5) is 1.07. The minimum Gasteiger partial charge on any atom is -0.410 e. The van der Waals surface area contributed by atoms with Crippen molar-refractivity contribution in [3.63, 3.8) is 0 Å². The van der Waals surface area contributed by atoms with Gasteiger partial charge in [-0.1, -0.05) is 251 Å². The molecule has 11 aliphatic heterocycles. The van der Waals surface area contributed by atoms with Gasteiger partial charge in [-0.2, -0.15) is 0 Å². The number of ether oxygens (including phenoxy) is 15. The molecule has 0 amide bonds. The third-order valence-electron chi connectivity index (χ3n) is 29.5. The fourth-order valence-electron chi connectivity index (χ4n) is 23.0. The van der Waals surface area contributed by atoms with Crippen molar-refractivity contribution < 1.29 is 75.5 Å². The molecule has 16 nitrogen and oxygen atoms in total. The highest BCUT2D eigenvalue weighted by molar-refractivity contribution is 7.99. The second kappa shape index (κ2) is 37.3. The molecule has 18 heteroatoms. The van der Waals surface area contributed by atoms with Crippen LogP contribution in [0.5, 0.6) is 0 Å². The molecule has 0 bridgehead atoms. The van der Waals surface area contributed by atoms with Gasteiger partial charge in [-0.25, -0.2) is 0 Å². The molecule has 8 saturated heterocycles. The quantitative estimate of drug-likeness (QED) is 0.0259. The molecule has 7 aromatic rings. The summed E-state index contributed by atoms with van der Waals surface area (Å²) in [6.45, 7) is 32.7. The fourth-order valence-corrected chi connectivity index (χ4v) is 29.7.